The van der Waals surface area contributed by atoms with Crippen molar-refractivity contribution in [1.82, 2.24) is 15.6 Å². The molecule has 0 saturated carbocycles. The van der Waals surface area contributed by atoms with Gasteiger partial charge in [-0.3, -0.25) is 4.79 Å². The molecule has 0 spiro atoms. The number of oxazole rings is 1. The standard InChI is InChI=1S/C14H17N3O2/c1-9-17-12-6-10(2-3-13(12)19-9)7-16-14(18)11-4-5-15-8-11/h2-3,6,11,15H,4-5,7-8H2,1H3,(H,16,18). The molecule has 1 aliphatic rings. The number of hydrogen-bond acceptors (Lipinski definition) is 4. The molecule has 1 aromatic heterocycles. The molecule has 3 rings (SSSR count). The van der Waals surface area contributed by atoms with E-state index in [1.165, 1.54) is 0 Å². The number of carbonyl (C=O) groups is 1. The summed E-state index contributed by atoms with van der Waals surface area (Å²) in [6.07, 6.45) is 0.924. The van der Waals surface area contributed by atoms with Gasteiger partial charge in [0.2, 0.25) is 5.91 Å². The van der Waals surface area contributed by atoms with Crippen molar-refractivity contribution in [3.05, 3.63) is 29.7 Å². The van der Waals surface area contributed by atoms with Gasteiger partial charge >= 0.3 is 0 Å². The summed E-state index contributed by atoms with van der Waals surface area (Å²) >= 11 is 0. The molecule has 1 atom stereocenters. The highest BCUT2D eigenvalue weighted by Gasteiger charge is 2.21. The molecule has 1 unspecified atom stereocenters. The van der Waals surface area contributed by atoms with Crippen molar-refractivity contribution >= 4 is 17.0 Å². The number of fused-ring (bicyclic) bond motifs is 1. The molecule has 0 radical (unpaired) electrons. The highest BCUT2D eigenvalue weighted by Crippen LogP contribution is 2.17. The van der Waals surface area contributed by atoms with Crippen molar-refractivity contribution in [3.63, 3.8) is 0 Å². The molecule has 5 nitrogen and oxygen atoms in total. The minimum atomic E-state index is 0.109. The Balaban J connectivity index is 1.65. The predicted molar refractivity (Wildman–Crippen MR) is 71.6 cm³/mol. The Morgan fingerprint density at radius 3 is 3.26 bits per heavy atom. The summed E-state index contributed by atoms with van der Waals surface area (Å²) < 4.78 is 5.42. The first-order valence-corrected chi connectivity index (χ1v) is 6.57. The van der Waals surface area contributed by atoms with E-state index in [-0.39, 0.29) is 11.8 Å². The molecule has 0 aliphatic carbocycles. The number of aryl methyl sites for hydroxylation is 1. The van der Waals surface area contributed by atoms with Gasteiger partial charge in [-0.15, -0.1) is 0 Å². The third-order valence-corrected chi connectivity index (χ3v) is 3.46. The number of carbonyl (C=O) groups excluding carboxylic acids is 1. The number of hydrogen-bond donors (Lipinski definition) is 2. The summed E-state index contributed by atoms with van der Waals surface area (Å²) in [7, 11) is 0. The van der Waals surface area contributed by atoms with Crippen LogP contribution in [0.4, 0.5) is 0 Å². The molecule has 1 aromatic carbocycles. The van der Waals surface area contributed by atoms with Crippen LogP contribution in [0.15, 0.2) is 22.6 Å². The van der Waals surface area contributed by atoms with Gasteiger partial charge in [0.05, 0.1) is 5.92 Å². The molecule has 2 aromatic rings. The van der Waals surface area contributed by atoms with Crippen LogP contribution in [-0.4, -0.2) is 24.0 Å². The van der Waals surface area contributed by atoms with Crippen molar-refractivity contribution in [2.45, 2.75) is 19.9 Å². The van der Waals surface area contributed by atoms with Crippen molar-refractivity contribution in [3.8, 4) is 0 Å². The number of nitrogens with zero attached hydrogens (tertiary/aromatic N) is 1. The first kappa shape index (κ1) is 12.2. The third kappa shape index (κ3) is 2.61. The summed E-state index contributed by atoms with van der Waals surface area (Å²) in [5.74, 6) is 0.896. The lowest BCUT2D eigenvalue weighted by molar-refractivity contribution is -0.124. The van der Waals surface area contributed by atoms with E-state index < -0.39 is 0 Å². The monoisotopic (exact) mass is 259 g/mol. The fourth-order valence-electron chi connectivity index (χ4n) is 2.41. The van der Waals surface area contributed by atoms with Crippen LogP contribution in [0.3, 0.4) is 0 Å². The van der Waals surface area contributed by atoms with Gasteiger partial charge in [0.15, 0.2) is 11.5 Å². The van der Waals surface area contributed by atoms with E-state index in [4.69, 9.17) is 4.42 Å². The van der Waals surface area contributed by atoms with Crippen molar-refractivity contribution < 1.29 is 9.21 Å². The number of aromatic nitrogens is 1. The second-order valence-electron chi connectivity index (χ2n) is 4.94. The largest absolute Gasteiger partial charge is 0.441 e. The van der Waals surface area contributed by atoms with Gasteiger partial charge in [0, 0.05) is 20.0 Å². The molecule has 5 heteroatoms. The Morgan fingerprint density at radius 2 is 2.47 bits per heavy atom. The Kier molecular flexibility index (Phi) is 3.21. The first-order chi connectivity index (χ1) is 9.22. The molecule has 1 amide bonds. The number of rotatable bonds is 3. The zero-order valence-electron chi connectivity index (χ0n) is 10.9. The maximum absolute atomic E-state index is 11.9. The summed E-state index contributed by atoms with van der Waals surface area (Å²) in [4.78, 5) is 16.2. The lowest BCUT2D eigenvalue weighted by atomic mass is 10.1. The van der Waals surface area contributed by atoms with E-state index in [0.717, 1.165) is 36.2 Å². The van der Waals surface area contributed by atoms with Crippen LogP contribution >= 0.6 is 0 Å². The van der Waals surface area contributed by atoms with Crippen LogP contribution in [0.1, 0.15) is 17.9 Å². The molecular formula is C14H17N3O2. The van der Waals surface area contributed by atoms with E-state index in [1.807, 2.05) is 25.1 Å². The van der Waals surface area contributed by atoms with Crippen LogP contribution in [0.5, 0.6) is 0 Å². The smallest absolute Gasteiger partial charge is 0.224 e. The molecule has 100 valence electrons. The molecule has 19 heavy (non-hydrogen) atoms. The van der Waals surface area contributed by atoms with Crippen LogP contribution in [0, 0.1) is 12.8 Å². The van der Waals surface area contributed by atoms with Crippen LogP contribution in [-0.2, 0) is 11.3 Å². The highest BCUT2D eigenvalue weighted by molar-refractivity contribution is 5.79. The highest BCUT2D eigenvalue weighted by atomic mass is 16.3. The average molecular weight is 259 g/mol. The van der Waals surface area contributed by atoms with Crippen LogP contribution in [0.2, 0.25) is 0 Å². The lowest BCUT2D eigenvalue weighted by Gasteiger charge is -2.09. The van der Waals surface area contributed by atoms with Crippen molar-refractivity contribution in [1.29, 1.82) is 0 Å². The molecule has 1 saturated heterocycles. The topological polar surface area (TPSA) is 67.2 Å². The minimum Gasteiger partial charge on any atom is -0.441 e. The Labute approximate surface area is 111 Å². The molecule has 2 heterocycles. The van der Waals surface area contributed by atoms with E-state index in [0.29, 0.717) is 12.4 Å². The Hall–Kier alpha value is -1.88. The van der Waals surface area contributed by atoms with E-state index >= 15 is 0 Å². The number of amides is 1. The van der Waals surface area contributed by atoms with E-state index in [1.54, 1.807) is 0 Å². The second kappa shape index (κ2) is 5.01. The molecule has 1 aliphatic heterocycles. The van der Waals surface area contributed by atoms with Crippen molar-refractivity contribution in [2.75, 3.05) is 13.1 Å². The number of benzene rings is 1. The number of nitrogens with one attached hydrogen (secondary N) is 2. The van der Waals surface area contributed by atoms with Gasteiger partial charge in [-0.05, 0) is 30.7 Å². The van der Waals surface area contributed by atoms with Gasteiger partial charge in [-0.2, -0.15) is 0 Å². The molecular weight excluding hydrogens is 242 g/mol. The Morgan fingerprint density at radius 1 is 1.58 bits per heavy atom. The fourth-order valence-corrected chi connectivity index (χ4v) is 2.41. The van der Waals surface area contributed by atoms with Gasteiger partial charge in [0.25, 0.3) is 0 Å². The fraction of sp³-hybridized carbons (Fsp3) is 0.429. The maximum atomic E-state index is 11.9. The first-order valence-electron chi connectivity index (χ1n) is 6.57. The quantitative estimate of drug-likeness (QED) is 0.873. The van der Waals surface area contributed by atoms with Gasteiger partial charge < -0.3 is 15.1 Å². The normalized spacial score (nSPS) is 18.9. The molecule has 1 fully saturated rings. The molecule has 2 N–H and O–H groups in total. The van der Waals surface area contributed by atoms with Crippen LogP contribution < -0.4 is 10.6 Å². The van der Waals surface area contributed by atoms with Gasteiger partial charge in [0.1, 0.15) is 5.52 Å². The summed E-state index contributed by atoms with van der Waals surface area (Å²) in [5.41, 5.74) is 2.67. The van der Waals surface area contributed by atoms with E-state index in [2.05, 4.69) is 15.6 Å². The third-order valence-electron chi connectivity index (χ3n) is 3.46. The second-order valence-corrected chi connectivity index (χ2v) is 4.94. The predicted octanol–water partition coefficient (Wildman–Crippen LogP) is 1.36. The summed E-state index contributed by atoms with van der Waals surface area (Å²) in [5, 5.41) is 6.17. The Bertz CT molecular complexity index is 600. The van der Waals surface area contributed by atoms with Crippen molar-refractivity contribution in [2.24, 2.45) is 5.92 Å². The van der Waals surface area contributed by atoms with E-state index in [9.17, 15) is 4.79 Å². The molecule has 0 bridgehead atoms. The average Bonchev–Trinajstić information content (AvgIpc) is 3.03. The van der Waals surface area contributed by atoms with Gasteiger partial charge in [-0.25, -0.2) is 4.98 Å². The zero-order chi connectivity index (χ0) is 13.2. The van der Waals surface area contributed by atoms with Gasteiger partial charge in [-0.1, -0.05) is 6.07 Å². The zero-order valence-corrected chi connectivity index (χ0v) is 10.9. The minimum absolute atomic E-state index is 0.109. The summed E-state index contributed by atoms with van der Waals surface area (Å²) in [6, 6.07) is 5.81. The van der Waals surface area contributed by atoms with Crippen LogP contribution in [0.25, 0.3) is 11.1 Å². The maximum Gasteiger partial charge on any atom is 0.224 e. The lowest BCUT2D eigenvalue weighted by Crippen LogP contribution is -2.31. The summed E-state index contributed by atoms with van der Waals surface area (Å²) in [6.45, 7) is 4.08. The SMILES string of the molecule is Cc1nc2cc(CNC(=O)C3CCNC3)ccc2o1.